The highest BCUT2D eigenvalue weighted by molar-refractivity contribution is 7.12. The van der Waals surface area contributed by atoms with Crippen molar-refractivity contribution >= 4 is 28.7 Å². The van der Waals surface area contributed by atoms with E-state index in [4.69, 9.17) is 0 Å². The number of carbonyl (C=O) groups excluding carboxylic acids is 1. The topological polar surface area (TPSA) is 42.9 Å². The number of rotatable bonds is 4. The molecule has 0 saturated carbocycles. The molecule has 2 heterocycles. The van der Waals surface area contributed by atoms with Gasteiger partial charge < -0.3 is 0 Å². The maximum absolute atomic E-state index is 11.7. The molecule has 0 aliphatic heterocycles. The van der Waals surface area contributed by atoms with Crippen molar-refractivity contribution in [1.29, 1.82) is 0 Å². The van der Waals surface area contributed by atoms with Gasteiger partial charge in [0.1, 0.15) is 4.88 Å². The number of hydrogen-bond donors (Lipinski definition) is 0. The molecular formula is C10H10N2OS2. The Bertz CT molecular complexity index is 448. The van der Waals surface area contributed by atoms with Gasteiger partial charge in [0.2, 0.25) is 0 Å². The van der Waals surface area contributed by atoms with Crippen molar-refractivity contribution in [3.05, 3.63) is 33.0 Å². The average Bonchev–Trinajstić information content (AvgIpc) is 2.87. The molecule has 0 aliphatic rings. The van der Waals surface area contributed by atoms with Crippen LogP contribution >= 0.6 is 22.9 Å². The van der Waals surface area contributed by atoms with Crippen LogP contribution in [0.15, 0.2) is 18.3 Å². The summed E-state index contributed by atoms with van der Waals surface area (Å²) in [6.07, 6.45) is 3.02. The molecule has 2 rings (SSSR count). The Hall–Kier alpha value is -1.07. The Balaban J connectivity index is 2.06. The summed E-state index contributed by atoms with van der Waals surface area (Å²) in [5, 5.41) is 3.66. The van der Waals surface area contributed by atoms with Gasteiger partial charge in [-0.1, -0.05) is 11.4 Å². The molecule has 0 fully saturated rings. The van der Waals surface area contributed by atoms with Crippen LogP contribution in [0.4, 0.5) is 0 Å². The highest BCUT2D eigenvalue weighted by Gasteiger charge is 2.10. The summed E-state index contributed by atoms with van der Waals surface area (Å²) in [7, 11) is 0. The van der Waals surface area contributed by atoms with Crippen molar-refractivity contribution in [3.8, 4) is 0 Å². The first kappa shape index (κ1) is 10.4. The molecule has 0 bridgehead atoms. The monoisotopic (exact) mass is 238 g/mol. The summed E-state index contributed by atoms with van der Waals surface area (Å²) < 4.78 is 3.68. The van der Waals surface area contributed by atoms with E-state index in [0.29, 0.717) is 11.3 Å². The number of Topliss-reactive ketones (excluding diaryl/α,β-unsaturated/α-hetero) is 1. The van der Waals surface area contributed by atoms with E-state index in [1.807, 2.05) is 6.07 Å². The normalized spacial score (nSPS) is 10.5. The zero-order valence-electron chi connectivity index (χ0n) is 8.27. The molecule has 2 aromatic heterocycles. The summed E-state index contributed by atoms with van der Waals surface area (Å²) in [6, 6.07) is 4.11. The third kappa shape index (κ3) is 2.49. The molecule has 78 valence electrons. The molecule has 0 spiro atoms. The molecule has 0 radical (unpaired) electrons. The largest absolute Gasteiger partial charge is 0.293 e. The summed E-state index contributed by atoms with van der Waals surface area (Å²) in [5.74, 6) is 0.106. The lowest BCUT2D eigenvalue weighted by molar-refractivity contribution is 0.0997. The van der Waals surface area contributed by atoms with E-state index in [1.54, 1.807) is 11.3 Å². The van der Waals surface area contributed by atoms with E-state index in [-0.39, 0.29) is 5.78 Å². The van der Waals surface area contributed by atoms with Gasteiger partial charge in [-0.15, -0.1) is 16.4 Å². The smallest absolute Gasteiger partial charge is 0.181 e. The molecule has 0 N–H and O–H groups in total. The lowest BCUT2D eigenvalue weighted by atomic mass is 10.2. The second-order valence-electron chi connectivity index (χ2n) is 3.10. The minimum Gasteiger partial charge on any atom is -0.293 e. The quantitative estimate of drug-likeness (QED) is 0.769. The molecule has 5 heteroatoms. The molecule has 3 nitrogen and oxygen atoms in total. The number of ketones is 1. The number of thiophene rings is 1. The van der Waals surface area contributed by atoms with Crippen LogP contribution in [-0.2, 0) is 12.8 Å². The van der Waals surface area contributed by atoms with Gasteiger partial charge in [0.25, 0.3) is 0 Å². The van der Waals surface area contributed by atoms with Gasteiger partial charge in [0.05, 0.1) is 6.20 Å². The van der Waals surface area contributed by atoms with Crippen molar-refractivity contribution < 1.29 is 4.79 Å². The molecule has 0 amide bonds. The highest BCUT2D eigenvalue weighted by atomic mass is 32.1. The predicted molar refractivity (Wildman–Crippen MR) is 61.6 cm³/mol. The van der Waals surface area contributed by atoms with Gasteiger partial charge in [-0.3, -0.25) is 4.79 Å². The summed E-state index contributed by atoms with van der Waals surface area (Å²) >= 11 is 2.86. The van der Waals surface area contributed by atoms with E-state index in [0.717, 1.165) is 22.8 Å². The van der Waals surface area contributed by atoms with Crippen LogP contribution in [0.25, 0.3) is 0 Å². The molecule has 0 aromatic carbocycles. The molecule has 2 aromatic rings. The lowest BCUT2D eigenvalue weighted by Crippen LogP contribution is -1.98. The van der Waals surface area contributed by atoms with Crippen molar-refractivity contribution in [2.75, 3.05) is 0 Å². The van der Waals surface area contributed by atoms with Crippen molar-refractivity contribution in [2.45, 2.75) is 19.8 Å². The van der Waals surface area contributed by atoms with Crippen LogP contribution in [0.1, 0.15) is 26.3 Å². The van der Waals surface area contributed by atoms with E-state index >= 15 is 0 Å². The minimum atomic E-state index is 0.106. The molecule has 0 atom stereocenters. The summed E-state index contributed by atoms with van der Waals surface area (Å²) in [5.41, 5.74) is 0. The Morgan fingerprint density at radius 1 is 1.40 bits per heavy atom. The molecule has 0 aliphatic carbocycles. The molecule has 15 heavy (non-hydrogen) atoms. The zero-order valence-corrected chi connectivity index (χ0v) is 9.90. The highest BCUT2D eigenvalue weighted by Crippen LogP contribution is 2.19. The van der Waals surface area contributed by atoms with Gasteiger partial charge in [0.15, 0.2) is 5.78 Å². The minimum absolute atomic E-state index is 0.106. The Morgan fingerprint density at radius 2 is 2.20 bits per heavy atom. The van der Waals surface area contributed by atoms with Crippen LogP contribution in [0.2, 0.25) is 0 Å². The molecule has 0 unspecified atom stereocenters. The zero-order chi connectivity index (χ0) is 10.7. The Kier molecular flexibility index (Phi) is 3.23. The first-order valence-electron chi connectivity index (χ1n) is 4.67. The van der Waals surface area contributed by atoms with Gasteiger partial charge in [-0.2, -0.15) is 0 Å². The maximum Gasteiger partial charge on any atom is 0.181 e. The first-order valence-corrected chi connectivity index (χ1v) is 6.26. The lowest BCUT2D eigenvalue weighted by Gasteiger charge is -1.92. The molecule has 0 saturated heterocycles. The van der Waals surface area contributed by atoms with Crippen LogP contribution < -0.4 is 0 Å². The average molecular weight is 238 g/mol. The van der Waals surface area contributed by atoms with E-state index in [9.17, 15) is 4.79 Å². The predicted octanol–water partition coefficient (Wildman–Crippen LogP) is 2.59. The van der Waals surface area contributed by atoms with Crippen molar-refractivity contribution in [2.24, 2.45) is 0 Å². The number of aromatic nitrogens is 2. The van der Waals surface area contributed by atoms with Crippen molar-refractivity contribution in [1.82, 2.24) is 9.59 Å². The van der Waals surface area contributed by atoms with E-state index in [1.165, 1.54) is 11.1 Å². The SMILES string of the molecule is CCc1ccc(CC(=O)c2cnns2)s1. The summed E-state index contributed by atoms with van der Waals surface area (Å²) in [4.78, 5) is 14.8. The standard InChI is InChI=1S/C10H10N2OS2/c1-2-7-3-4-8(14-7)5-9(13)10-6-11-12-15-10/h3-4,6H,2,5H2,1H3. The second kappa shape index (κ2) is 4.63. The maximum atomic E-state index is 11.7. The van der Waals surface area contributed by atoms with Gasteiger partial charge in [-0.25, -0.2) is 0 Å². The van der Waals surface area contributed by atoms with Crippen LogP contribution in [-0.4, -0.2) is 15.4 Å². The number of aryl methyl sites for hydroxylation is 1. The molecular weight excluding hydrogens is 228 g/mol. The van der Waals surface area contributed by atoms with Crippen molar-refractivity contribution in [3.63, 3.8) is 0 Å². The third-order valence-corrected chi connectivity index (χ3v) is 3.97. The fraction of sp³-hybridized carbons (Fsp3) is 0.300. The van der Waals surface area contributed by atoms with Crippen LogP contribution in [0.5, 0.6) is 0 Å². The van der Waals surface area contributed by atoms with Crippen LogP contribution in [0, 0.1) is 0 Å². The first-order chi connectivity index (χ1) is 7.29. The van der Waals surface area contributed by atoms with Gasteiger partial charge >= 0.3 is 0 Å². The van der Waals surface area contributed by atoms with E-state index in [2.05, 4.69) is 22.6 Å². The van der Waals surface area contributed by atoms with Gasteiger partial charge in [-0.05, 0) is 30.1 Å². The fourth-order valence-electron chi connectivity index (χ4n) is 1.24. The second-order valence-corrected chi connectivity index (χ2v) is 5.14. The number of carbonyl (C=O) groups is 1. The fourth-order valence-corrected chi connectivity index (χ4v) is 2.65. The Morgan fingerprint density at radius 3 is 2.80 bits per heavy atom. The van der Waals surface area contributed by atoms with Crippen LogP contribution in [0.3, 0.4) is 0 Å². The van der Waals surface area contributed by atoms with E-state index < -0.39 is 0 Å². The third-order valence-electron chi connectivity index (χ3n) is 2.04. The van der Waals surface area contributed by atoms with Gasteiger partial charge in [0, 0.05) is 16.2 Å². The number of nitrogens with zero attached hydrogens (tertiary/aromatic N) is 2. The summed E-state index contributed by atoms with van der Waals surface area (Å²) in [6.45, 7) is 2.12. The number of hydrogen-bond acceptors (Lipinski definition) is 5. The Labute approximate surface area is 95.9 Å².